The van der Waals surface area contributed by atoms with E-state index in [1.807, 2.05) is 12.1 Å². The summed E-state index contributed by atoms with van der Waals surface area (Å²) in [5.74, 6) is -0.349. The lowest BCUT2D eigenvalue weighted by molar-refractivity contribution is -0.138. The van der Waals surface area contributed by atoms with Crippen molar-refractivity contribution in [2.45, 2.75) is 12.8 Å². The predicted molar refractivity (Wildman–Crippen MR) is 66.4 cm³/mol. The number of amides is 2. The van der Waals surface area contributed by atoms with Crippen LogP contribution in [-0.4, -0.2) is 23.3 Å². The van der Waals surface area contributed by atoms with Crippen LogP contribution in [0.25, 0.3) is 6.08 Å². The fourth-order valence-corrected chi connectivity index (χ4v) is 1.95. The Balaban J connectivity index is 2.05. The zero-order valence-corrected chi connectivity index (χ0v) is 9.98. The lowest BCUT2D eigenvalue weighted by Gasteiger charge is -2.09. The summed E-state index contributed by atoms with van der Waals surface area (Å²) in [4.78, 5) is 24.3. The minimum absolute atomic E-state index is 0.0919. The second-order valence-corrected chi connectivity index (χ2v) is 4.31. The molecule has 1 fully saturated rings. The molecule has 0 spiro atoms. The Kier molecular flexibility index (Phi) is 3.59. The van der Waals surface area contributed by atoms with Gasteiger partial charge in [-0.05, 0) is 30.2 Å². The quantitative estimate of drug-likeness (QED) is 0.756. The normalized spacial score (nSPS) is 15.8. The number of halogens is 1. The van der Waals surface area contributed by atoms with E-state index in [1.165, 1.54) is 11.0 Å². The standard InChI is InChI=1S/C13H12ClNO2/c14-11-4-1-3-10(9-11)6-7-13(17)15-8-2-5-12(15)16/h1,3-4,6-7,9H,2,5,8H2. The van der Waals surface area contributed by atoms with Crippen LogP contribution in [0.1, 0.15) is 18.4 Å². The van der Waals surface area contributed by atoms with E-state index in [0.29, 0.717) is 18.0 Å². The maximum Gasteiger partial charge on any atom is 0.253 e. The highest BCUT2D eigenvalue weighted by Crippen LogP contribution is 2.13. The van der Waals surface area contributed by atoms with Gasteiger partial charge in [0.05, 0.1) is 0 Å². The number of imide groups is 1. The summed E-state index contributed by atoms with van der Waals surface area (Å²) in [6.45, 7) is 0.525. The number of carbonyl (C=O) groups excluding carboxylic acids is 2. The van der Waals surface area contributed by atoms with Gasteiger partial charge in [-0.25, -0.2) is 0 Å². The largest absolute Gasteiger partial charge is 0.279 e. The van der Waals surface area contributed by atoms with Gasteiger partial charge < -0.3 is 0 Å². The van der Waals surface area contributed by atoms with Crippen LogP contribution in [0, 0.1) is 0 Å². The Morgan fingerprint density at radius 3 is 2.88 bits per heavy atom. The van der Waals surface area contributed by atoms with Crippen LogP contribution in [0.4, 0.5) is 0 Å². The number of likely N-dealkylation sites (tertiary alicyclic amines) is 1. The van der Waals surface area contributed by atoms with E-state index in [2.05, 4.69) is 0 Å². The molecule has 1 aromatic rings. The third kappa shape index (κ3) is 2.94. The summed E-state index contributed by atoms with van der Waals surface area (Å²) in [6.07, 6.45) is 4.31. The van der Waals surface area contributed by atoms with Gasteiger partial charge in [-0.15, -0.1) is 0 Å². The molecule has 1 heterocycles. The summed E-state index contributed by atoms with van der Waals surface area (Å²) >= 11 is 5.83. The van der Waals surface area contributed by atoms with Gasteiger partial charge in [0.25, 0.3) is 5.91 Å². The topological polar surface area (TPSA) is 37.4 Å². The minimum atomic E-state index is -0.257. The van der Waals surface area contributed by atoms with Crippen LogP contribution in [0.15, 0.2) is 30.3 Å². The molecule has 0 aliphatic carbocycles. The van der Waals surface area contributed by atoms with E-state index in [-0.39, 0.29) is 11.8 Å². The van der Waals surface area contributed by atoms with Crippen molar-refractivity contribution < 1.29 is 9.59 Å². The first-order chi connectivity index (χ1) is 8.16. The van der Waals surface area contributed by atoms with Crippen LogP contribution < -0.4 is 0 Å². The molecule has 0 aromatic heterocycles. The van der Waals surface area contributed by atoms with Crippen LogP contribution in [0.3, 0.4) is 0 Å². The predicted octanol–water partition coefficient (Wildman–Crippen LogP) is 2.50. The third-order valence-electron chi connectivity index (χ3n) is 2.61. The van der Waals surface area contributed by atoms with Gasteiger partial charge in [-0.3, -0.25) is 14.5 Å². The summed E-state index contributed by atoms with van der Waals surface area (Å²) in [7, 11) is 0. The van der Waals surface area contributed by atoms with Crippen molar-refractivity contribution in [2.24, 2.45) is 0 Å². The van der Waals surface area contributed by atoms with Gasteiger partial charge in [-0.1, -0.05) is 23.7 Å². The van der Waals surface area contributed by atoms with Crippen molar-refractivity contribution >= 4 is 29.5 Å². The maximum absolute atomic E-state index is 11.7. The monoisotopic (exact) mass is 249 g/mol. The number of carbonyl (C=O) groups is 2. The number of benzene rings is 1. The van der Waals surface area contributed by atoms with Crippen molar-refractivity contribution in [1.82, 2.24) is 4.90 Å². The molecule has 2 amide bonds. The van der Waals surface area contributed by atoms with E-state index in [9.17, 15) is 9.59 Å². The van der Waals surface area contributed by atoms with Gasteiger partial charge in [0.1, 0.15) is 0 Å². The van der Waals surface area contributed by atoms with E-state index < -0.39 is 0 Å². The minimum Gasteiger partial charge on any atom is -0.279 e. The van der Waals surface area contributed by atoms with Crippen LogP contribution in [0.2, 0.25) is 5.02 Å². The molecule has 0 N–H and O–H groups in total. The van der Waals surface area contributed by atoms with Crippen LogP contribution >= 0.6 is 11.6 Å². The Hall–Kier alpha value is -1.61. The molecular weight excluding hydrogens is 238 g/mol. The first-order valence-corrected chi connectivity index (χ1v) is 5.82. The average molecular weight is 250 g/mol. The van der Waals surface area contributed by atoms with Crippen molar-refractivity contribution in [3.8, 4) is 0 Å². The van der Waals surface area contributed by atoms with E-state index in [1.54, 1.807) is 18.2 Å². The number of rotatable bonds is 2. The molecule has 1 saturated heterocycles. The molecule has 17 heavy (non-hydrogen) atoms. The maximum atomic E-state index is 11.7. The smallest absolute Gasteiger partial charge is 0.253 e. The Morgan fingerprint density at radius 2 is 2.24 bits per heavy atom. The molecule has 0 bridgehead atoms. The van der Waals surface area contributed by atoms with Gasteiger partial charge in [0, 0.05) is 24.1 Å². The molecule has 0 unspecified atom stereocenters. The number of hydrogen-bond donors (Lipinski definition) is 0. The van der Waals surface area contributed by atoms with Crippen molar-refractivity contribution in [1.29, 1.82) is 0 Å². The van der Waals surface area contributed by atoms with Gasteiger partial charge >= 0.3 is 0 Å². The van der Waals surface area contributed by atoms with E-state index in [4.69, 9.17) is 11.6 Å². The fourth-order valence-electron chi connectivity index (χ4n) is 1.75. The zero-order valence-electron chi connectivity index (χ0n) is 9.23. The van der Waals surface area contributed by atoms with Gasteiger partial charge in [-0.2, -0.15) is 0 Å². The Morgan fingerprint density at radius 1 is 1.41 bits per heavy atom. The molecule has 1 aromatic carbocycles. The molecule has 4 heteroatoms. The van der Waals surface area contributed by atoms with Crippen molar-refractivity contribution in [3.63, 3.8) is 0 Å². The van der Waals surface area contributed by atoms with Crippen LogP contribution in [-0.2, 0) is 9.59 Å². The summed E-state index contributed by atoms with van der Waals surface area (Å²) in [6, 6.07) is 7.19. The fraction of sp³-hybridized carbons (Fsp3) is 0.231. The summed E-state index contributed by atoms with van der Waals surface area (Å²) in [5, 5.41) is 0.622. The molecule has 0 radical (unpaired) electrons. The molecular formula is C13H12ClNO2. The molecule has 0 saturated carbocycles. The number of hydrogen-bond acceptors (Lipinski definition) is 2. The third-order valence-corrected chi connectivity index (χ3v) is 2.84. The average Bonchev–Trinajstić information content (AvgIpc) is 2.72. The summed E-state index contributed by atoms with van der Waals surface area (Å²) in [5.41, 5.74) is 0.845. The SMILES string of the molecule is O=C(C=Cc1cccc(Cl)c1)N1CCCC1=O. The first kappa shape index (κ1) is 11.9. The zero-order chi connectivity index (χ0) is 12.3. The number of nitrogens with zero attached hydrogens (tertiary/aromatic N) is 1. The Bertz CT molecular complexity index is 482. The highest BCUT2D eigenvalue weighted by atomic mass is 35.5. The molecule has 0 atom stereocenters. The Labute approximate surface area is 105 Å². The first-order valence-electron chi connectivity index (χ1n) is 5.45. The molecule has 2 rings (SSSR count). The molecule has 1 aliphatic rings. The molecule has 3 nitrogen and oxygen atoms in total. The highest BCUT2D eigenvalue weighted by molar-refractivity contribution is 6.30. The summed E-state index contributed by atoms with van der Waals surface area (Å²) < 4.78 is 0. The highest BCUT2D eigenvalue weighted by Gasteiger charge is 2.24. The van der Waals surface area contributed by atoms with Crippen LogP contribution in [0.5, 0.6) is 0 Å². The van der Waals surface area contributed by atoms with Gasteiger partial charge in [0.15, 0.2) is 0 Å². The second kappa shape index (κ2) is 5.15. The van der Waals surface area contributed by atoms with E-state index >= 15 is 0 Å². The molecule has 1 aliphatic heterocycles. The lowest BCUT2D eigenvalue weighted by Crippen LogP contribution is -2.30. The lowest BCUT2D eigenvalue weighted by atomic mass is 10.2. The van der Waals surface area contributed by atoms with Crippen molar-refractivity contribution in [2.75, 3.05) is 6.54 Å². The van der Waals surface area contributed by atoms with Gasteiger partial charge in [0.2, 0.25) is 5.91 Å². The second-order valence-electron chi connectivity index (χ2n) is 3.88. The van der Waals surface area contributed by atoms with Crippen molar-refractivity contribution in [3.05, 3.63) is 40.9 Å². The molecule has 88 valence electrons. The van der Waals surface area contributed by atoms with E-state index in [0.717, 1.165) is 12.0 Å².